The number of nitrogens with two attached hydrogens (primary N) is 3. The van der Waals surface area contributed by atoms with Gasteiger partial charge in [-0.2, -0.15) is 0 Å². The molecule has 0 aromatic heterocycles. The molecular weight excluding hydrogens is 516 g/mol. The van der Waals surface area contributed by atoms with Gasteiger partial charge >= 0.3 is 0 Å². The Morgan fingerprint density at radius 2 is 1.82 bits per heavy atom. The van der Waals surface area contributed by atoms with Gasteiger partial charge in [-0.25, -0.2) is 0 Å². The van der Waals surface area contributed by atoms with E-state index in [1.165, 1.54) is 13.8 Å². The van der Waals surface area contributed by atoms with Crippen molar-refractivity contribution in [2.75, 3.05) is 33.4 Å². The summed E-state index contributed by atoms with van der Waals surface area (Å²) in [6, 6.07) is -2.75. The number of hydrogen-bond acceptors (Lipinski definition) is 14. The van der Waals surface area contributed by atoms with Gasteiger partial charge in [-0.15, -0.1) is 0 Å². The predicted molar refractivity (Wildman–Crippen MR) is 140 cm³/mol. The molecule has 1 unspecified atom stereocenters. The van der Waals surface area contributed by atoms with Crippen LogP contribution in [0, 0.1) is 0 Å². The van der Waals surface area contributed by atoms with Crippen LogP contribution in [0.4, 0.5) is 0 Å². The summed E-state index contributed by atoms with van der Waals surface area (Å²) in [5.74, 6) is -0.0654. The van der Waals surface area contributed by atoms with Crippen LogP contribution in [0.2, 0.25) is 0 Å². The van der Waals surface area contributed by atoms with Gasteiger partial charge in [0, 0.05) is 19.1 Å². The molecule has 3 fully saturated rings. The first-order valence-corrected chi connectivity index (χ1v) is 13.6. The van der Waals surface area contributed by atoms with E-state index in [9.17, 15) is 20.4 Å². The molecule has 2 heterocycles. The van der Waals surface area contributed by atoms with Crippen LogP contribution in [0.3, 0.4) is 0 Å². The molecule has 0 amide bonds. The van der Waals surface area contributed by atoms with Crippen molar-refractivity contribution in [2.45, 2.75) is 112 Å². The second-order valence-electron chi connectivity index (χ2n) is 11.0. The maximum atomic E-state index is 11.5. The molecule has 0 aromatic rings. The number of aliphatic hydroxyl groups is 5. The zero-order valence-corrected chi connectivity index (χ0v) is 22.9. The molecule has 3 aliphatic rings. The third kappa shape index (κ3) is 8.03. The van der Waals surface area contributed by atoms with E-state index in [2.05, 4.69) is 15.6 Å². The largest absolute Gasteiger partial charge is 0.395 e. The van der Waals surface area contributed by atoms with Crippen molar-refractivity contribution in [3.63, 3.8) is 0 Å². The van der Waals surface area contributed by atoms with E-state index in [0.717, 1.165) is 0 Å². The summed E-state index contributed by atoms with van der Waals surface area (Å²) >= 11 is 0. The average molecular weight is 565 g/mol. The number of rotatable bonds is 11. The maximum Gasteiger partial charge on any atom is 0.185 e. The van der Waals surface area contributed by atoms with Crippen molar-refractivity contribution >= 4 is 5.84 Å². The zero-order chi connectivity index (χ0) is 28.9. The summed E-state index contributed by atoms with van der Waals surface area (Å²) in [5.41, 5.74) is 17.3. The Bertz CT molecular complexity index is 793. The van der Waals surface area contributed by atoms with Gasteiger partial charge in [0.25, 0.3) is 0 Å². The van der Waals surface area contributed by atoms with Crippen LogP contribution in [0.5, 0.6) is 0 Å². The molecule has 15 heteroatoms. The first-order chi connectivity index (χ1) is 18.4. The Labute approximate surface area is 229 Å². The Hall–Kier alpha value is -1.05. The van der Waals surface area contributed by atoms with Crippen molar-refractivity contribution < 1.29 is 44.5 Å². The Kier molecular flexibility index (Phi) is 11.8. The molecular formula is C24H48N6O9. The highest BCUT2D eigenvalue weighted by atomic mass is 16.7. The molecule has 228 valence electrons. The molecule has 1 saturated carbocycles. The number of hydrogen-bond donors (Lipinski definition) is 10. The summed E-state index contributed by atoms with van der Waals surface area (Å²) in [6.07, 6.45) is -6.56. The highest BCUT2D eigenvalue weighted by Gasteiger charge is 2.51. The first-order valence-electron chi connectivity index (χ1n) is 13.6. The fraction of sp³-hybridized carbons (Fsp3) is 0.958. The van der Waals surface area contributed by atoms with Crippen molar-refractivity contribution in [1.82, 2.24) is 10.6 Å². The number of aliphatic imine (C=N–C) groups is 1. The zero-order valence-electron chi connectivity index (χ0n) is 22.9. The van der Waals surface area contributed by atoms with Gasteiger partial charge in [-0.1, -0.05) is 0 Å². The second-order valence-corrected chi connectivity index (χ2v) is 11.0. The van der Waals surface area contributed by atoms with Crippen molar-refractivity contribution in [3.05, 3.63) is 0 Å². The lowest BCUT2D eigenvalue weighted by atomic mass is 9.83. The van der Waals surface area contributed by atoms with Crippen LogP contribution < -0.4 is 27.8 Å². The highest BCUT2D eigenvalue weighted by molar-refractivity contribution is 5.84. The number of nitrogens with one attached hydrogen (secondary N) is 2. The smallest absolute Gasteiger partial charge is 0.185 e. The summed E-state index contributed by atoms with van der Waals surface area (Å²) in [4.78, 5) is 4.36. The minimum Gasteiger partial charge on any atom is -0.395 e. The summed E-state index contributed by atoms with van der Waals surface area (Å²) < 4.78 is 23.9. The van der Waals surface area contributed by atoms with Gasteiger partial charge in [0.2, 0.25) is 0 Å². The van der Waals surface area contributed by atoms with Crippen molar-refractivity contribution in [3.8, 4) is 0 Å². The molecule has 15 nitrogen and oxygen atoms in total. The summed E-state index contributed by atoms with van der Waals surface area (Å²) in [5, 5.41) is 57.8. The minimum atomic E-state index is -1.36. The molecule has 13 N–H and O–H groups in total. The topological polar surface area (TPSA) is 253 Å². The number of aliphatic hydroxyl groups excluding tert-OH is 4. The predicted octanol–water partition coefficient (Wildman–Crippen LogP) is -4.57. The first kappa shape index (κ1) is 32.5. The molecule has 3 rings (SSSR count). The van der Waals surface area contributed by atoms with Crippen LogP contribution >= 0.6 is 0 Å². The van der Waals surface area contributed by atoms with Crippen LogP contribution in [0.25, 0.3) is 0 Å². The SMILES string of the molecule is CN[C@@H]1[C@@H](O)[C@@H](O[C@@H]2[C@@H](O)[C@H](O[C@H]3O[C@H](CNCCO)CC[C@H]3N)[C@@H](N)C[C@H]2N=C(N)C(C)O)OC[C@]1(C)O. The van der Waals surface area contributed by atoms with Crippen molar-refractivity contribution in [2.24, 2.45) is 22.2 Å². The molecule has 0 radical (unpaired) electrons. The maximum absolute atomic E-state index is 11.5. The van der Waals surface area contributed by atoms with E-state index in [4.69, 9.17) is 41.3 Å². The Balaban J connectivity index is 1.79. The van der Waals surface area contributed by atoms with Gasteiger partial charge in [0.05, 0.1) is 37.4 Å². The molecule has 13 atom stereocenters. The fourth-order valence-electron chi connectivity index (χ4n) is 5.37. The Morgan fingerprint density at radius 3 is 2.46 bits per heavy atom. The van der Waals surface area contributed by atoms with Crippen LogP contribution in [0.15, 0.2) is 4.99 Å². The van der Waals surface area contributed by atoms with E-state index < -0.39 is 72.9 Å². The Morgan fingerprint density at radius 1 is 1.13 bits per heavy atom. The van der Waals surface area contributed by atoms with Crippen LogP contribution in [-0.2, 0) is 18.9 Å². The monoisotopic (exact) mass is 564 g/mol. The minimum absolute atomic E-state index is 0.00586. The third-order valence-electron chi connectivity index (χ3n) is 7.61. The molecule has 0 spiro atoms. The van der Waals surface area contributed by atoms with Gasteiger partial charge in [-0.05, 0) is 40.2 Å². The molecule has 2 aliphatic heterocycles. The van der Waals surface area contributed by atoms with Gasteiger partial charge in [0.15, 0.2) is 12.6 Å². The molecule has 2 saturated heterocycles. The number of nitrogens with zero attached hydrogens (tertiary/aromatic N) is 1. The average Bonchev–Trinajstić information content (AvgIpc) is 2.87. The number of ether oxygens (including phenoxy) is 4. The van der Waals surface area contributed by atoms with E-state index in [-0.39, 0.29) is 31.6 Å². The molecule has 39 heavy (non-hydrogen) atoms. The number of amidine groups is 1. The van der Waals surface area contributed by atoms with Gasteiger partial charge in [0.1, 0.15) is 42.0 Å². The summed E-state index contributed by atoms with van der Waals surface area (Å²) in [6.45, 7) is 3.79. The lowest BCUT2D eigenvalue weighted by Gasteiger charge is -2.48. The van der Waals surface area contributed by atoms with Crippen LogP contribution in [0.1, 0.15) is 33.1 Å². The normalized spacial score (nSPS) is 44.8. The van der Waals surface area contributed by atoms with Crippen LogP contribution in [-0.4, -0.2) is 144 Å². The molecule has 1 aliphatic carbocycles. The van der Waals surface area contributed by atoms with E-state index in [1.54, 1.807) is 7.05 Å². The third-order valence-corrected chi connectivity index (χ3v) is 7.61. The second kappa shape index (κ2) is 14.2. The van der Waals surface area contributed by atoms with Gasteiger partial charge in [-0.3, -0.25) is 4.99 Å². The van der Waals surface area contributed by atoms with E-state index >= 15 is 0 Å². The lowest BCUT2D eigenvalue weighted by molar-refractivity contribution is -0.306. The fourth-order valence-corrected chi connectivity index (χ4v) is 5.37. The molecule has 0 aromatic carbocycles. The van der Waals surface area contributed by atoms with Crippen molar-refractivity contribution in [1.29, 1.82) is 0 Å². The van der Waals surface area contributed by atoms with E-state index in [0.29, 0.717) is 25.9 Å². The number of likely N-dealkylation sites (N-methyl/N-ethyl adjacent to an activating group) is 1. The highest BCUT2D eigenvalue weighted by Crippen LogP contribution is 2.33. The summed E-state index contributed by atoms with van der Waals surface area (Å²) in [7, 11) is 1.60. The lowest BCUT2D eigenvalue weighted by Crippen LogP contribution is -2.67. The standard InChI is InChI=1S/C24H48N6O9/c1-11(32)21(27)30-15-8-14(26)18(38-22-13(25)5-4-12(37-22)9-29-6-7-31)16(33)19(15)39-23-17(34)20(28-3)24(2,35)10-36-23/h11-20,22-23,28-29,31-35H,4-10,25-26H2,1-3H3,(H2,27,30)/t11?,12-,13+,14-,15+,16-,17+,18+,19-,20+,22+,23+,24-/m0/s1. The molecule has 0 bridgehead atoms. The quantitative estimate of drug-likeness (QED) is 0.0644. The van der Waals surface area contributed by atoms with Gasteiger partial charge < -0.3 is 72.3 Å². The van der Waals surface area contributed by atoms with E-state index in [1.807, 2.05) is 0 Å².